The number of benzene rings is 1. The van der Waals surface area contributed by atoms with E-state index in [0.717, 1.165) is 17.0 Å². The monoisotopic (exact) mass is 264 g/mol. The van der Waals surface area contributed by atoms with Gasteiger partial charge in [0.1, 0.15) is 6.20 Å². The summed E-state index contributed by atoms with van der Waals surface area (Å²) in [7, 11) is 0. The fourth-order valence-electron chi connectivity index (χ4n) is 1.56. The minimum atomic E-state index is -0.701. The van der Waals surface area contributed by atoms with Gasteiger partial charge < -0.3 is 5.73 Å². The summed E-state index contributed by atoms with van der Waals surface area (Å²) in [6.45, 7) is -0.176. The summed E-state index contributed by atoms with van der Waals surface area (Å²) < 4.78 is 14.6. The highest BCUT2D eigenvalue weighted by Gasteiger charge is 2.11. The number of hydrogen-bond acceptors (Lipinski definition) is 5. The van der Waals surface area contributed by atoms with Gasteiger partial charge in [-0.05, 0) is 6.07 Å². The molecule has 1 aromatic heterocycles. The number of hydrogen-bond donors (Lipinski definition) is 1. The van der Waals surface area contributed by atoms with Crippen molar-refractivity contribution in [2.24, 2.45) is 0 Å². The van der Waals surface area contributed by atoms with Crippen LogP contribution in [0.3, 0.4) is 0 Å². The Kier molecular flexibility index (Phi) is 3.23. The van der Waals surface area contributed by atoms with Crippen molar-refractivity contribution in [3.8, 4) is 0 Å². The molecule has 19 heavy (non-hydrogen) atoms. The molecule has 0 aliphatic heterocycles. The molecular formula is C11H9FN4O3. The number of nitrogens with zero attached hydrogens (tertiary/aromatic N) is 3. The van der Waals surface area contributed by atoms with Crippen molar-refractivity contribution >= 4 is 11.4 Å². The van der Waals surface area contributed by atoms with Gasteiger partial charge in [-0.3, -0.25) is 14.7 Å². The van der Waals surface area contributed by atoms with E-state index in [9.17, 15) is 19.3 Å². The number of anilines is 1. The first-order valence-corrected chi connectivity index (χ1v) is 5.23. The van der Waals surface area contributed by atoms with Gasteiger partial charge in [0.15, 0.2) is 5.82 Å². The molecule has 2 aromatic rings. The second-order valence-corrected chi connectivity index (χ2v) is 3.80. The van der Waals surface area contributed by atoms with E-state index in [4.69, 9.17) is 5.73 Å². The van der Waals surface area contributed by atoms with Crippen LogP contribution in [0.1, 0.15) is 5.56 Å². The third-order valence-electron chi connectivity index (χ3n) is 2.50. The Morgan fingerprint density at radius 2 is 2.21 bits per heavy atom. The molecule has 1 aromatic carbocycles. The van der Waals surface area contributed by atoms with Crippen molar-refractivity contribution < 1.29 is 9.31 Å². The molecule has 0 spiro atoms. The van der Waals surface area contributed by atoms with Crippen LogP contribution in [-0.2, 0) is 6.54 Å². The lowest BCUT2D eigenvalue weighted by molar-refractivity contribution is -0.385. The van der Waals surface area contributed by atoms with Crippen LogP contribution in [0.15, 0.2) is 35.4 Å². The van der Waals surface area contributed by atoms with Gasteiger partial charge in [-0.15, -0.1) is 0 Å². The fraction of sp³-hybridized carbons (Fsp3) is 0.0909. The van der Waals surface area contributed by atoms with Crippen LogP contribution >= 0.6 is 0 Å². The summed E-state index contributed by atoms with van der Waals surface area (Å²) in [6, 6.07) is 4.35. The molecule has 0 saturated carbocycles. The number of halogens is 1. The van der Waals surface area contributed by atoms with E-state index in [1.807, 2.05) is 0 Å². The lowest BCUT2D eigenvalue weighted by Gasteiger charge is -2.07. The second kappa shape index (κ2) is 4.84. The molecule has 2 N–H and O–H groups in total. The summed E-state index contributed by atoms with van der Waals surface area (Å²) in [6.07, 6.45) is 1.87. The van der Waals surface area contributed by atoms with Crippen LogP contribution in [0.5, 0.6) is 0 Å². The van der Waals surface area contributed by atoms with Gasteiger partial charge in [-0.1, -0.05) is 12.1 Å². The predicted octanol–water partition coefficient (Wildman–Crippen LogP) is 0.921. The molecule has 0 bridgehead atoms. The zero-order valence-electron chi connectivity index (χ0n) is 9.62. The number of rotatable bonds is 3. The third-order valence-corrected chi connectivity index (χ3v) is 2.50. The SMILES string of the molecule is Nc1cccc(Cn2cc([N+](=O)[O-])cnc2=O)c1F. The predicted molar refractivity (Wildman–Crippen MR) is 65.1 cm³/mol. The van der Waals surface area contributed by atoms with E-state index in [1.54, 1.807) is 0 Å². The Bertz CT molecular complexity index is 699. The van der Waals surface area contributed by atoms with E-state index >= 15 is 0 Å². The van der Waals surface area contributed by atoms with Crippen LogP contribution in [0.2, 0.25) is 0 Å². The van der Waals surface area contributed by atoms with Gasteiger partial charge in [-0.25, -0.2) is 9.18 Å². The van der Waals surface area contributed by atoms with E-state index in [2.05, 4.69) is 4.98 Å². The van der Waals surface area contributed by atoms with Gasteiger partial charge >= 0.3 is 11.4 Å². The lowest BCUT2D eigenvalue weighted by Crippen LogP contribution is -2.23. The maximum Gasteiger partial charge on any atom is 0.348 e. The number of aromatic nitrogens is 2. The van der Waals surface area contributed by atoms with E-state index in [-0.39, 0.29) is 23.5 Å². The second-order valence-electron chi connectivity index (χ2n) is 3.80. The van der Waals surface area contributed by atoms with Crippen LogP contribution < -0.4 is 11.4 Å². The summed E-state index contributed by atoms with van der Waals surface area (Å²) in [4.78, 5) is 24.7. The maximum absolute atomic E-state index is 13.7. The third kappa shape index (κ3) is 2.57. The first-order valence-electron chi connectivity index (χ1n) is 5.23. The Balaban J connectivity index is 2.43. The molecule has 0 radical (unpaired) electrons. The van der Waals surface area contributed by atoms with Gasteiger partial charge in [0.25, 0.3) is 0 Å². The van der Waals surface area contributed by atoms with Crippen molar-refractivity contribution in [1.29, 1.82) is 0 Å². The fourth-order valence-corrected chi connectivity index (χ4v) is 1.56. The standard InChI is InChI=1S/C11H9FN4O3/c12-10-7(2-1-3-9(10)13)5-15-6-8(16(18)19)4-14-11(15)17/h1-4,6H,5,13H2. The molecular weight excluding hydrogens is 255 g/mol. The molecule has 0 amide bonds. The smallest absolute Gasteiger partial charge is 0.348 e. The van der Waals surface area contributed by atoms with Crippen LogP contribution in [0, 0.1) is 15.9 Å². The molecule has 0 saturated heterocycles. The van der Waals surface area contributed by atoms with Crippen molar-refractivity contribution in [3.63, 3.8) is 0 Å². The van der Waals surface area contributed by atoms with Gasteiger partial charge in [0, 0.05) is 5.56 Å². The number of nitro groups is 1. The lowest BCUT2D eigenvalue weighted by atomic mass is 10.2. The average molecular weight is 264 g/mol. The highest BCUT2D eigenvalue weighted by atomic mass is 19.1. The highest BCUT2D eigenvalue weighted by molar-refractivity contribution is 5.43. The molecule has 0 unspecified atom stereocenters. The molecule has 0 aliphatic carbocycles. The Morgan fingerprint density at radius 1 is 1.47 bits per heavy atom. The van der Waals surface area contributed by atoms with Crippen molar-refractivity contribution in [2.75, 3.05) is 5.73 Å². The molecule has 1 heterocycles. The molecule has 7 nitrogen and oxygen atoms in total. The Hall–Kier alpha value is -2.77. The van der Waals surface area contributed by atoms with Gasteiger partial charge in [0.05, 0.1) is 23.4 Å². The van der Waals surface area contributed by atoms with Gasteiger partial charge in [0.2, 0.25) is 0 Å². The zero-order chi connectivity index (χ0) is 14.0. The topological polar surface area (TPSA) is 104 Å². The number of nitrogens with two attached hydrogens (primary N) is 1. The maximum atomic E-state index is 13.7. The summed E-state index contributed by atoms with van der Waals surface area (Å²) >= 11 is 0. The van der Waals surface area contributed by atoms with Crippen LogP contribution in [0.25, 0.3) is 0 Å². The van der Waals surface area contributed by atoms with Gasteiger partial charge in [-0.2, -0.15) is 4.98 Å². The van der Waals surface area contributed by atoms with E-state index < -0.39 is 16.4 Å². The molecule has 98 valence electrons. The Labute approximate surface area is 106 Å². The molecule has 2 rings (SSSR count). The van der Waals surface area contributed by atoms with E-state index in [0.29, 0.717) is 0 Å². The summed E-state index contributed by atoms with van der Waals surface area (Å²) in [5.41, 5.74) is 4.46. The van der Waals surface area contributed by atoms with Crippen molar-refractivity contribution in [1.82, 2.24) is 9.55 Å². The first kappa shape index (κ1) is 12.7. The average Bonchev–Trinajstić information content (AvgIpc) is 2.37. The quantitative estimate of drug-likeness (QED) is 0.504. The molecule has 0 atom stereocenters. The van der Waals surface area contributed by atoms with Crippen molar-refractivity contribution in [3.05, 3.63) is 62.6 Å². The largest absolute Gasteiger partial charge is 0.396 e. The van der Waals surface area contributed by atoms with E-state index in [1.165, 1.54) is 18.2 Å². The molecule has 0 fully saturated rings. The first-order chi connectivity index (χ1) is 8.99. The highest BCUT2D eigenvalue weighted by Crippen LogP contribution is 2.15. The molecule has 0 aliphatic rings. The zero-order valence-corrected chi connectivity index (χ0v) is 9.62. The minimum absolute atomic E-state index is 0.0519. The summed E-state index contributed by atoms with van der Waals surface area (Å²) in [5.74, 6) is -0.652. The normalized spacial score (nSPS) is 10.4. The number of nitrogen functional groups attached to an aromatic ring is 1. The van der Waals surface area contributed by atoms with Crippen LogP contribution in [-0.4, -0.2) is 14.5 Å². The Morgan fingerprint density at radius 3 is 2.89 bits per heavy atom. The summed E-state index contributed by atoms with van der Waals surface area (Å²) in [5, 5.41) is 10.6. The molecule has 8 heteroatoms. The minimum Gasteiger partial charge on any atom is -0.396 e. The van der Waals surface area contributed by atoms with Crippen molar-refractivity contribution in [2.45, 2.75) is 6.54 Å². The van der Waals surface area contributed by atoms with Crippen LogP contribution in [0.4, 0.5) is 15.8 Å².